The SMILES string of the molecule is C.C.C.C.C.C.C.C.C.C.C.CC(C)C1CCOC1C(C)C.CC(C)[C@@H]1CCC[C@H]1C(C)C.CC(C)[C@@H]1COC[C@H]1C(C)C.CC(C)[C@H]1CCC[C@H]1C(C)C.CC(C)[C@H]1CCC[C@H]1C(C)C.CC(C)[C@H]1CCO[C@H]1C(C)C.CC(C)[C@H]1COC[C@H]1C(C)C.CC(C)[C@H]1COC[C@H]1C(C)C.CC(C)[C@H]1OCC[C@H]1C(C)C. The summed E-state index contributed by atoms with van der Waals surface area (Å²) in [5.41, 5.74) is 0. The minimum Gasteiger partial charge on any atom is -0.381 e. The molecule has 0 bridgehead atoms. The molecule has 0 radical (unpaired) electrons. The zero-order valence-electron chi connectivity index (χ0n) is 74.1. The highest BCUT2D eigenvalue weighted by atomic mass is 16.5. The molecule has 18 atom stereocenters. The van der Waals surface area contributed by atoms with Gasteiger partial charge in [0.05, 0.1) is 18.3 Å². The molecule has 6 nitrogen and oxygen atoms in total. The molecule has 3 saturated carbocycles. The molecule has 6 aliphatic heterocycles. The first-order valence-electron chi connectivity index (χ1n) is 43.7. The summed E-state index contributed by atoms with van der Waals surface area (Å²) in [6, 6.07) is 0. The maximum Gasteiger partial charge on any atom is 0.0629 e. The van der Waals surface area contributed by atoms with E-state index in [1.807, 2.05) is 0 Å². The minimum atomic E-state index is 0. The Bertz CT molecular complexity index is 1350. The van der Waals surface area contributed by atoms with E-state index in [1.54, 1.807) is 0 Å². The van der Waals surface area contributed by atoms with E-state index in [4.69, 9.17) is 28.4 Å². The van der Waals surface area contributed by atoms with Crippen molar-refractivity contribution in [2.75, 3.05) is 59.5 Å². The van der Waals surface area contributed by atoms with Gasteiger partial charge in [0, 0.05) is 59.5 Å². The lowest BCUT2D eigenvalue weighted by Gasteiger charge is -2.26. The van der Waals surface area contributed by atoms with Crippen LogP contribution in [0.15, 0.2) is 0 Å². The van der Waals surface area contributed by atoms with Crippen LogP contribution in [0, 0.1) is 195 Å². The quantitative estimate of drug-likeness (QED) is 0.136. The van der Waals surface area contributed by atoms with E-state index in [-0.39, 0.29) is 81.7 Å². The Labute approximate surface area is 705 Å². The molecule has 682 valence electrons. The third-order valence-electron chi connectivity index (χ3n) is 26.8. The van der Waals surface area contributed by atoms with Gasteiger partial charge in [0.25, 0.3) is 0 Å². The van der Waals surface area contributed by atoms with E-state index < -0.39 is 0 Å². The Morgan fingerprint density at radius 1 is 0.145 bits per heavy atom. The van der Waals surface area contributed by atoms with Crippen molar-refractivity contribution in [2.24, 2.45) is 195 Å². The first kappa shape index (κ1) is 133. The van der Waals surface area contributed by atoms with Crippen LogP contribution in [0.4, 0.5) is 0 Å². The minimum absolute atomic E-state index is 0. The summed E-state index contributed by atoms with van der Waals surface area (Å²) in [7, 11) is 0. The molecule has 0 aromatic carbocycles. The number of hydrogen-bond acceptors (Lipinski definition) is 6. The molecular formula is C104H230O6. The van der Waals surface area contributed by atoms with Crippen molar-refractivity contribution in [2.45, 2.75) is 426 Å². The number of ether oxygens (including phenoxy) is 6. The Hall–Kier alpha value is -0.240. The second kappa shape index (κ2) is 69.5. The molecule has 9 rings (SSSR count). The van der Waals surface area contributed by atoms with Gasteiger partial charge in [0.2, 0.25) is 0 Å². The molecule has 3 aliphatic carbocycles. The predicted octanol–water partition coefficient (Wildman–Crippen LogP) is 33.9. The van der Waals surface area contributed by atoms with Gasteiger partial charge in [-0.25, -0.2) is 0 Å². The molecule has 0 N–H and O–H groups in total. The van der Waals surface area contributed by atoms with Crippen molar-refractivity contribution in [1.29, 1.82) is 0 Å². The van der Waals surface area contributed by atoms with E-state index >= 15 is 0 Å². The van der Waals surface area contributed by atoms with Gasteiger partial charge in [-0.15, -0.1) is 0 Å². The summed E-state index contributed by atoms with van der Waals surface area (Å²) >= 11 is 0. The summed E-state index contributed by atoms with van der Waals surface area (Å²) in [4.78, 5) is 0. The number of rotatable bonds is 18. The van der Waals surface area contributed by atoms with E-state index in [2.05, 4.69) is 249 Å². The third-order valence-corrected chi connectivity index (χ3v) is 26.8. The van der Waals surface area contributed by atoms with Crippen LogP contribution >= 0.6 is 0 Å². The third kappa shape index (κ3) is 46.9. The van der Waals surface area contributed by atoms with Gasteiger partial charge in [0.1, 0.15) is 0 Å². The molecule has 6 heteroatoms. The van der Waals surface area contributed by atoms with Gasteiger partial charge in [-0.2, -0.15) is 0 Å². The molecule has 6 heterocycles. The Morgan fingerprint density at radius 3 is 0.355 bits per heavy atom. The first-order valence-corrected chi connectivity index (χ1v) is 43.7. The Morgan fingerprint density at radius 2 is 0.264 bits per heavy atom. The highest BCUT2D eigenvalue weighted by Gasteiger charge is 2.39. The molecular weight excluding hydrogens is 1350 g/mol. The summed E-state index contributed by atoms with van der Waals surface area (Å²) in [5, 5.41) is 0. The van der Waals surface area contributed by atoms with Gasteiger partial charge in [-0.3, -0.25) is 0 Å². The standard InChI is InChI=1S/3C11H22.6C10H20O.11CH4/c3*1-8(2)10-6-5-7-11(10)9(3)4;3*1-7(2)9-5-11-6-10(9)8(3)4;3*1-7(2)9-5-6-11-10(9)8(3)4;;;;;;;;;;;/h3*8-11H,5-7H2,1-4H3;6*7-10H,5-6H2,1-4H3;11*1H4/t2*10-,11+;10-,11-;2*9-,10+;9-,10-;2*9-,10+;;;;;;;;;;;;/m..0..010............/s1. The first-order chi connectivity index (χ1) is 46.1. The van der Waals surface area contributed by atoms with E-state index in [9.17, 15) is 0 Å². The molecule has 0 amide bonds. The monoisotopic (exact) mass is 1580 g/mol. The Balaban J connectivity index is -0.000000110. The van der Waals surface area contributed by atoms with Crippen LogP contribution in [-0.2, 0) is 28.4 Å². The van der Waals surface area contributed by atoms with Gasteiger partial charge in [-0.05, 0) is 253 Å². The lowest BCUT2D eigenvalue weighted by Crippen LogP contribution is -2.25. The highest BCUT2D eigenvalue weighted by molar-refractivity contribution is 4.87. The zero-order valence-corrected chi connectivity index (χ0v) is 74.1. The summed E-state index contributed by atoms with van der Waals surface area (Å²) < 4.78 is 33.5. The second-order valence-electron chi connectivity index (χ2n) is 40.1. The van der Waals surface area contributed by atoms with Crippen molar-refractivity contribution < 1.29 is 28.4 Å². The maximum atomic E-state index is 5.69. The molecule has 110 heavy (non-hydrogen) atoms. The molecule has 0 aromatic heterocycles. The van der Waals surface area contributed by atoms with Crippen LogP contribution in [0.25, 0.3) is 0 Å². The normalized spacial score (nSPS) is 29.0. The second-order valence-corrected chi connectivity index (χ2v) is 40.1. The van der Waals surface area contributed by atoms with Crippen molar-refractivity contribution in [3.8, 4) is 0 Å². The van der Waals surface area contributed by atoms with Gasteiger partial charge < -0.3 is 28.4 Å². The van der Waals surface area contributed by atoms with Crippen molar-refractivity contribution in [3.63, 3.8) is 0 Å². The van der Waals surface area contributed by atoms with Crippen molar-refractivity contribution >= 4 is 0 Å². The highest BCUT2D eigenvalue weighted by Crippen LogP contribution is 2.44. The summed E-state index contributed by atoms with van der Waals surface area (Å²) in [5.74, 6) is 27.9. The molecule has 0 aromatic rings. The van der Waals surface area contributed by atoms with E-state index in [0.717, 1.165) is 237 Å². The lowest BCUT2D eigenvalue weighted by molar-refractivity contribution is 0.0434. The van der Waals surface area contributed by atoms with Crippen molar-refractivity contribution in [3.05, 3.63) is 0 Å². The molecule has 2 unspecified atom stereocenters. The fraction of sp³-hybridized carbons (Fsp3) is 1.00. The van der Waals surface area contributed by atoms with Gasteiger partial charge >= 0.3 is 0 Å². The lowest BCUT2D eigenvalue weighted by atomic mass is 9.80. The Kier molecular flexibility index (Phi) is 84.2. The van der Waals surface area contributed by atoms with Crippen LogP contribution in [-0.4, -0.2) is 77.8 Å². The summed E-state index contributed by atoms with van der Waals surface area (Å²) in [6.07, 6.45) is 18.7. The van der Waals surface area contributed by atoms with Crippen LogP contribution in [0.3, 0.4) is 0 Å². The molecule has 9 aliphatic rings. The van der Waals surface area contributed by atoms with Crippen LogP contribution < -0.4 is 0 Å². The van der Waals surface area contributed by atoms with Gasteiger partial charge in [-0.1, -0.05) is 350 Å². The fourth-order valence-electron chi connectivity index (χ4n) is 20.0. The van der Waals surface area contributed by atoms with Crippen molar-refractivity contribution in [1.82, 2.24) is 0 Å². The fourth-order valence-corrected chi connectivity index (χ4v) is 20.0. The zero-order chi connectivity index (χ0) is 75.9. The maximum absolute atomic E-state index is 5.69. The van der Waals surface area contributed by atoms with E-state index in [0.29, 0.717) is 36.1 Å². The molecule has 9 fully saturated rings. The average Bonchev–Trinajstić information content (AvgIpc) is 1.82. The van der Waals surface area contributed by atoms with Crippen LogP contribution in [0.2, 0.25) is 0 Å². The predicted molar refractivity (Wildman–Crippen MR) is 511 cm³/mol. The van der Waals surface area contributed by atoms with E-state index in [1.165, 1.54) is 77.0 Å². The van der Waals surface area contributed by atoms with Gasteiger partial charge in [0.15, 0.2) is 0 Å². The average molecular weight is 1580 g/mol. The van der Waals surface area contributed by atoms with Crippen LogP contribution in [0.5, 0.6) is 0 Å². The molecule has 6 saturated heterocycles. The smallest absolute Gasteiger partial charge is 0.0629 e. The molecule has 0 spiro atoms. The topological polar surface area (TPSA) is 55.4 Å². The number of hydrogen-bond donors (Lipinski definition) is 0. The van der Waals surface area contributed by atoms with Crippen LogP contribution in [0.1, 0.15) is 408 Å². The largest absolute Gasteiger partial charge is 0.381 e. The summed E-state index contributed by atoms with van der Waals surface area (Å²) in [6.45, 7) is 92.4.